The highest BCUT2D eigenvalue weighted by atomic mass is 16.6. The molecule has 176 valence electrons. The highest BCUT2D eigenvalue weighted by Crippen LogP contribution is 2.51. The highest BCUT2D eigenvalue weighted by Gasteiger charge is 2.49. The average molecular weight is 439 g/mol. The summed E-state index contributed by atoms with van der Waals surface area (Å²) in [7, 11) is 0. The number of benzene rings is 1. The fourth-order valence-electron chi connectivity index (χ4n) is 5.73. The summed E-state index contributed by atoms with van der Waals surface area (Å²) in [5.74, 6) is 0.656. The Hall–Kier alpha value is -1.65. The van der Waals surface area contributed by atoms with Crippen LogP contribution in [-0.4, -0.2) is 48.2 Å². The van der Waals surface area contributed by atoms with Gasteiger partial charge < -0.3 is 15.0 Å². The number of piperidine rings is 1. The number of hydrogen-bond donors (Lipinski definition) is 1. The maximum absolute atomic E-state index is 12.0. The van der Waals surface area contributed by atoms with E-state index in [1.807, 2.05) is 20.8 Å². The molecule has 2 saturated carbocycles. The van der Waals surface area contributed by atoms with Gasteiger partial charge in [0.05, 0.1) is 6.42 Å². The molecule has 1 aliphatic heterocycles. The lowest BCUT2D eigenvalue weighted by molar-refractivity contribution is -0.155. The molecule has 1 saturated heterocycles. The molecule has 1 aromatic rings. The van der Waals surface area contributed by atoms with E-state index in [1.165, 1.54) is 37.7 Å². The van der Waals surface area contributed by atoms with E-state index in [1.54, 1.807) is 5.57 Å². The van der Waals surface area contributed by atoms with Gasteiger partial charge in [0.1, 0.15) is 5.60 Å². The Kier molecular flexibility index (Phi) is 7.11. The summed E-state index contributed by atoms with van der Waals surface area (Å²) in [5, 5.41) is 3.97. The molecule has 32 heavy (non-hydrogen) atoms. The second-order valence-corrected chi connectivity index (χ2v) is 11.4. The maximum atomic E-state index is 12.0. The number of rotatable bonds is 8. The molecule has 1 spiro atoms. The predicted molar refractivity (Wildman–Crippen MR) is 131 cm³/mol. The molecule has 2 atom stereocenters. The van der Waals surface area contributed by atoms with Crippen molar-refractivity contribution in [3.8, 4) is 0 Å². The van der Waals surface area contributed by atoms with E-state index in [9.17, 15) is 4.79 Å². The van der Waals surface area contributed by atoms with Crippen LogP contribution in [0.1, 0.15) is 78.2 Å². The standard InChI is InChI=1S/C28H42N2O2/c1-5-22(17-21-9-7-6-8-10-21)24-18-25(24)29-23-19-28(20-23)12-15-30(16-13-28)14-11-26(31)32-27(2,3)4/h6-10,17,23-25,29H,5,11-16,18-20H2,1-4H3/b22-17+. The van der Waals surface area contributed by atoms with E-state index in [0.717, 1.165) is 32.0 Å². The third kappa shape index (κ3) is 6.23. The highest BCUT2D eigenvalue weighted by molar-refractivity contribution is 5.70. The quantitative estimate of drug-likeness (QED) is 0.549. The average Bonchev–Trinajstić information content (AvgIpc) is 3.49. The summed E-state index contributed by atoms with van der Waals surface area (Å²) in [6, 6.07) is 12.1. The van der Waals surface area contributed by atoms with E-state index in [0.29, 0.717) is 23.9 Å². The van der Waals surface area contributed by atoms with Crippen molar-refractivity contribution >= 4 is 12.0 Å². The summed E-state index contributed by atoms with van der Waals surface area (Å²) in [4.78, 5) is 14.4. The first-order chi connectivity index (χ1) is 15.3. The number of esters is 1. The van der Waals surface area contributed by atoms with E-state index in [2.05, 4.69) is 53.5 Å². The minimum absolute atomic E-state index is 0.0718. The summed E-state index contributed by atoms with van der Waals surface area (Å²) < 4.78 is 5.45. The van der Waals surface area contributed by atoms with Crippen LogP contribution in [0.5, 0.6) is 0 Å². The topological polar surface area (TPSA) is 41.6 Å². The molecule has 3 fully saturated rings. The summed E-state index contributed by atoms with van der Waals surface area (Å²) in [5.41, 5.74) is 3.10. The summed E-state index contributed by atoms with van der Waals surface area (Å²) >= 11 is 0. The third-order valence-electron chi connectivity index (χ3n) is 7.60. The molecule has 2 unspecified atom stereocenters. The van der Waals surface area contributed by atoms with Gasteiger partial charge in [0.15, 0.2) is 0 Å². The lowest BCUT2D eigenvalue weighted by Gasteiger charge is -2.52. The van der Waals surface area contributed by atoms with Gasteiger partial charge in [-0.25, -0.2) is 0 Å². The normalized spacial score (nSPS) is 26.1. The smallest absolute Gasteiger partial charge is 0.307 e. The summed E-state index contributed by atoms with van der Waals surface area (Å²) in [6.07, 6.45) is 10.6. The molecule has 2 aliphatic carbocycles. The van der Waals surface area contributed by atoms with Gasteiger partial charge in [-0.15, -0.1) is 0 Å². The fraction of sp³-hybridized carbons (Fsp3) is 0.679. The lowest BCUT2D eigenvalue weighted by atomic mass is 9.60. The van der Waals surface area contributed by atoms with Crippen LogP contribution in [-0.2, 0) is 9.53 Å². The summed E-state index contributed by atoms with van der Waals surface area (Å²) in [6.45, 7) is 11.2. The van der Waals surface area contributed by atoms with Crippen LogP contribution in [0.15, 0.2) is 35.9 Å². The van der Waals surface area contributed by atoms with Crippen molar-refractivity contribution in [3.05, 3.63) is 41.5 Å². The molecule has 3 aliphatic rings. The molecule has 0 amide bonds. The van der Waals surface area contributed by atoms with Crippen LogP contribution >= 0.6 is 0 Å². The molecule has 0 aromatic heterocycles. The molecule has 1 heterocycles. The largest absolute Gasteiger partial charge is 0.460 e. The Balaban J connectivity index is 1.15. The van der Waals surface area contributed by atoms with Crippen LogP contribution in [0, 0.1) is 11.3 Å². The second kappa shape index (κ2) is 9.69. The van der Waals surface area contributed by atoms with E-state index in [4.69, 9.17) is 4.74 Å². The zero-order valence-electron chi connectivity index (χ0n) is 20.5. The van der Waals surface area contributed by atoms with Gasteiger partial charge in [-0.3, -0.25) is 4.79 Å². The maximum Gasteiger partial charge on any atom is 0.307 e. The molecule has 1 aromatic carbocycles. The number of ether oxygens (including phenoxy) is 1. The van der Waals surface area contributed by atoms with Crippen molar-refractivity contribution in [2.24, 2.45) is 11.3 Å². The van der Waals surface area contributed by atoms with Gasteiger partial charge in [-0.05, 0) is 89.3 Å². The number of nitrogens with one attached hydrogen (secondary N) is 1. The Morgan fingerprint density at radius 2 is 1.88 bits per heavy atom. The molecule has 4 rings (SSSR count). The van der Waals surface area contributed by atoms with E-state index >= 15 is 0 Å². The second-order valence-electron chi connectivity index (χ2n) is 11.4. The number of hydrogen-bond acceptors (Lipinski definition) is 4. The first-order valence-electron chi connectivity index (χ1n) is 12.7. The van der Waals surface area contributed by atoms with Crippen LogP contribution in [0.4, 0.5) is 0 Å². The van der Waals surface area contributed by atoms with Crippen molar-refractivity contribution in [1.82, 2.24) is 10.2 Å². The van der Waals surface area contributed by atoms with E-state index in [-0.39, 0.29) is 11.6 Å². The third-order valence-corrected chi connectivity index (χ3v) is 7.60. The fourth-order valence-corrected chi connectivity index (χ4v) is 5.73. The Bertz CT molecular complexity index is 794. The minimum atomic E-state index is -0.382. The zero-order chi connectivity index (χ0) is 22.8. The van der Waals surface area contributed by atoms with Gasteiger partial charge in [0.25, 0.3) is 0 Å². The van der Waals surface area contributed by atoms with Crippen molar-refractivity contribution in [3.63, 3.8) is 0 Å². The molecule has 0 bridgehead atoms. The van der Waals surface area contributed by atoms with Gasteiger partial charge in [-0.1, -0.05) is 48.9 Å². The monoisotopic (exact) mass is 438 g/mol. The van der Waals surface area contributed by atoms with Gasteiger partial charge in [-0.2, -0.15) is 0 Å². The van der Waals surface area contributed by atoms with Gasteiger partial charge >= 0.3 is 5.97 Å². The van der Waals surface area contributed by atoms with Crippen molar-refractivity contribution < 1.29 is 9.53 Å². The van der Waals surface area contributed by atoms with Crippen LogP contribution in [0.25, 0.3) is 6.08 Å². The molecule has 0 radical (unpaired) electrons. The number of carbonyl (C=O) groups is 1. The number of nitrogens with zero attached hydrogens (tertiary/aromatic N) is 1. The minimum Gasteiger partial charge on any atom is -0.460 e. The van der Waals surface area contributed by atoms with Crippen molar-refractivity contribution in [2.75, 3.05) is 19.6 Å². The zero-order valence-corrected chi connectivity index (χ0v) is 20.5. The van der Waals surface area contributed by atoms with Crippen LogP contribution in [0.3, 0.4) is 0 Å². The molecule has 4 nitrogen and oxygen atoms in total. The molecule has 4 heteroatoms. The first-order valence-corrected chi connectivity index (χ1v) is 12.7. The van der Waals surface area contributed by atoms with Gasteiger partial charge in [0, 0.05) is 18.6 Å². The first kappa shape index (κ1) is 23.5. The molecule has 1 N–H and O–H groups in total. The molecular formula is C28H42N2O2. The molecular weight excluding hydrogens is 396 g/mol. The number of likely N-dealkylation sites (tertiary alicyclic amines) is 1. The lowest BCUT2D eigenvalue weighted by Crippen LogP contribution is -2.54. The Morgan fingerprint density at radius 3 is 2.50 bits per heavy atom. The van der Waals surface area contributed by atoms with Crippen molar-refractivity contribution in [1.29, 1.82) is 0 Å². The number of carbonyl (C=O) groups excluding carboxylic acids is 1. The SMILES string of the molecule is CC/C(=C\c1ccccc1)C1CC1NC1CC2(CCN(CCC(=O)OC(C)(C)C)CC2)C1. The van der Waals surface area contributed by atoms with Gasteiger partial charge in [0.2, 0.25) is 0 Å². The Labute approximate surface area is 194 Å². The van der Waals surface area contributed by atoms with Crippen molar-refractivity contribution in [2.45, 2.75) is 90.3 Å². The Morgan fingerprint density at radius 1 is 1.19 bits per heavy atom. The van der Waals surface area contributed by atoms with Crippen LogP contribution < -0.4 is 5.32 Å². The van der Waals surface area contributed by atoms with Crippen LogP contribution in [0.2, 0.25) is 0 Å². The van der Waals surface area contributed by atoms with E-state index < -0.39 is 0 Å². The predicted octanol–water partition coefficient (Wildman–Crippen LogP) is 5.43.